The van der Waals surface area contributed by atoms with Gasteiger partial charge in [-0.2, -0.15) is 0 Å². The normalized spacial score (nSPS) is 25.3. The molecule has 0 saturated carbocycles. The number of rotatable bonds is 3. The molecule has 0 radical (unpaired) electrons. The highest BCUT2D eigenvalue weighted by Crippen LogP contribution is 2.07. The lowest BCUT2D eigenvalue weighted by molar-refractivity contribution is -0.0187. The van der Waals surface area contributed by atoms with Crippen molar-refractivity contribution in [3.05, 3.63) is 0 Å². The van der Waals surface area contributed by atoms with E-state index < -0.39 is 0 Å². The minimum atomic E-state index is -0.00270. The Hall–Kier alpha value is -0.120. The summed E-state index contributed by atoms with van der Waals surface area (Å²) in [4.78, 5) is 2.49. The molecule has 1 heterocycles. The zero-order chi connectivity index (χ0) is 10.6. The van der Waals surface area contributed by atoms with Crippen LogP contribution in [0.4, 0.5) is 0 Å². The van der Waals surface area contributed by atoms with E-state index in [9.17, 15) is 0 Å². The highest BCUT2D eigenvalue weighted by atomic mass is 16.5. The molecule has 3 nitrogen and oxygen atoms in total. The van der Waals surface area contributed by atoms with Crippen LogP contribution in [0.15, 0.2) is 0 Å². The van der Waals surface area contributed by atoms with Gasteiger partial charge in [0.1, 0.15) is 0 Å². The maximum atomic E-state index is 5.72. The van der Waals surface area contributed by atoms with Crippen molar-refractivity contribution >= 4 is 0 Å². The van der Waals surface area contributed by atoms with E-state index >= 15 is 0 Å². The van der Waals surface area contributed by atoms with E-state index in [4.69, 9.17) is 4.74 Å². The van der Waals surface area contributed by atoms with E-state index in [1.54, 1.807) is 0 Å². The topological polar surface area (TPSA) is 24.5 Å². The standard InChI is InChI=1S/C11H24N2O/c1-10-9-12-5-6-13(10)7-8-14-11(2,3)4/h10,12H,5-9H2,1-4H3/t10-/m1/s1. The summed E-state index contributed by atoms with van der Waals surface area (Å²) in [6.45, 7) is 13.8. The van der Waals surface area contributed by atoms with E-state index in [-0.39, 0.29) is 5.60 Å². The quantitative estimate of drug-likeness (QED) is 0.738. The summed E-state index contributed by atoms with van der Waals surface area (Å²) < 4.78 is 5.72. The molecular formula is C11H24N2O. The van der Waals surface area contributed by atoms with Crippen molar-refractivity contribution in [2.75, 3.05) is 32.8 Å². The van der Waals surface area contributed by atoms with Crippen LogP contribution in [0.1, 0.15) is 27.7 Å². The van der Waals surface area contributed by atoms with Crippen LogP contribution in [0.5, 0.6) is 0 Å². The molecule has 1 rings (SSSR count). The molecule has 1 atom stereocenters. The zero-order valence-corrected chi connectivity index (χ0v) is 9.97. The first-order valence-electron chi connectivity index (χ1n) is 5.58. The van der Waals surface area contributed by atoms with Gasteiger partial charge in [-0.15, -0.1) is 0 Å². The third-order valence-corrected chi connectivity index (χ3v) is 2.55. The lowest BCUT2D eigenvalue weighted by Crippen LogP contribution is -2.50. The van der Waals surface area contributed by atoms with Crippen LogP contribution >= 0.6 is 0 Å². The van der Waals surface area contributed by atoms with Gasteiger partial charge in [-0.05, 0) is 27.7 Å². The highest BCUT2D eigenvalue weighted by molar-refractivity contribution is 4.75. The van der Waals surface area contributed by atoms with Gasteiger partial charge in [0.2, 0.25) is 0 Å². The number of ether oxygens (including phenoxy) is 1. The fourth-order valence-electron chi connectivity index (χ4n) is 1.68. The Balaban J connectivity index is 2.17. The maximum absolute atomic E-state index is 5.72. The van der Waals surface area contributed by atoms with Crippen LogP contribution in [0.3, 0.4) is 0 Å². The summed E-state index contributed by atoms with van der Waals surface area (Å²) >= 11 is 0. The molecule has 84 valence electrons. The number of nitrogens with one attached hydrogen (secondary N) is 1. The van der Waals surface area contributed by atoms with Gasteiger partial charge in [-0.25, -0.2) is 0 Å². The molecule has 0 aromatic rings. The van der Waals surface area contributed by atoms with Gasteiger partial charge in [0.05, 0.1) is 12.2 Å². The molecule has 0 aliphatic carbocycles. The number of piperazine rings is 1. The monoisotopic (exact) mass is 200 g/mol. The van der Waals surface area contributed by atoms with Gasteiger partial charge in [0.25, 0.3) is 0 Å². The molecule has 1 fully saturated rings. The summed E-state index contributed by atoms with van der Waals surface area (Å²) in [7, 11) is 0. The van der Waals surface area contributed by atoms with E-state index in [1.807, 2.05) is 0 Å². The van der Waals surface area contributed by atoms with Crippen molar-refractivity contribution in [2.45, 2.75) is 39.3 Å². The molecule has 0 bridgehead atoms. The van der Waals surface area contributed by atoms with Crippen molar-refractivity contribution in [3.8, 4) is 0 Å². The van der Waals surface area contributed by atoms with Gasteiger partial charge in [0.15, 0.2) is 0 Å². The van der Waals surface area contributed by atoms with Crippen molar-refractivity contribution in [1.82, 2.24) is 10.2 Å². The molecule has 1 N–H and O–H groups in total. The Morgan fingerprint density at radius 2 is 2.14 bits per heavy atom. The summed E-state index contributed by atoms with van der Waals surface area (Å²) in [5.74, 6) is 0. The first kappa shape index (κ1) is 12.0. The Labute approximate surface area is 87.8 Å². The van der Waals surface area contributed by atoms with Gasteiger partial charge < -0.3 is 10.1 Å². The fraction of sp³-hybridized carbons (Fsp3) is 1.00. The molecule has 0 amide bonds. The Morgan fingerprint density at radius 3 is 2.71 bits per heavy atom. The highest BCUT2D eigenvalue weighted by Gasteiger charge is 2.18. The fourth-order valence-corrected chi connectivity index (χ4v) is 1.68. The van der Waals surface area contributed by atoms with Crippen LogP contribution < -0.4 is 5.32 Å². The number of nitrogens with zero attached hydrogens (tertiary/aromatic N) is 1. The van der Waals surface area contributed by atoms with Crippen LogP contribution in [-0.4, -0.2) is 49.3 Å². The average Bonchev–Trinajstić information content (AvgIpc) is 2.06. The Kier molecular flexibility index (Phi) is 4.35. The largest absolute Gasteiger partial charge is 0.375 e. The molecule has 1 aliphatic heterocycles. The lowest BCUT2D eigenvalue weighted by atomic mass is 10.2. The average molecular weight is 200 g/mol. The van der Waals surface area contributed by atoms with Crippen molar-refractivity contribution in [1.29, 1.82) is 0 Å². The molecule has 1 aliphatic rings. The van der Waals surface area contributed by atoms with Crippen LogP contribution in [-0.2, 0) is 4.74 Å². The molecule has 0 unspecified atom stereocenters. The van der Waals surface area contributed by atoms with Crippen LogP contribution in [0.25, 0.3) is 0 Å². The molecule has 0 spiro atoms. The molecule has 3 heteroatoms. The third kappa shape index (κ3) is 4.40. The number of hydrogen-bond donors (Lipinski definition) is 1. The molecule has 1 saturated heterocycles. The lowest BCUT2D eigenvalue weighted by Gasteiger charge is -2.34. The van der Waals surface area contributed by atoms with Gasteiger partial charge in [-0.1, -0.05) is 0 Å². The van der Waals surface area contributed by atoms with Crippen molar-refractivity contribution in [2.24, 2.45) is 0 Å². The molecule has 14 heavy (non-hydrogen) atoms. The minimum Gasteiger partial charge on any atom is -0.375 e. The van der Waals surface area contributed by atoms with E-state index in [2.05, 4.69) is 37.9 Å². The predicted octanol–water partition coefficient (Wildman–Crippen LogP) is 1.10. The van der Waals surface area contributed by atoms with E-state index in [0.717, 1.165) is 32.8 Å². The zero-order valence-electron chi connectivity index (χ0n) is 9.97. The van der Waals surface area contributed by atoms with Crippen LogP contribution in [0, 0.1) is 0 Å². The second-order valence-corrected chi connectivity index (χ2v) is 5.05. The van der Waals surface area contributed by atoms with Gasteiger partial charge in [0, 0.05) is 32.2 Å². The van der Waals surface area contributed by atoms with Crippen LogP contribution in [0.2, 0.25) is 0 Å². The maximum Gasteiger partial charge on any atom is 0.0600 e. The van der Waals surface area contributed by atoms with E-state index in [0.29, 0.717) is 6.04 Å². The number of hydrogen-bond acceptors (Lipinski definition) is 3. The molecule has 0 aromatic heterocycles. The Morgan fingerprint density at radius 1 is 1.43 bits per heavy atom. The van der Waals surface area contributed by atoms with E-state index in [1.165, 1.54) is 0 Å². The first-order chi connectivity index (χ1) is 6.49. The van der Waals surface area contributed by atoms with Gasteiger partial charge in [-0.3, -0.25) is 4.90 Å². The summed E-state index contributed by atoms with van der Waals surface area (Å²) in [6.07, 6.45) is 0. The summed E-state index contributed by atoms with van der Waals surface area (Å²) in [6, 6.07) is 0.646. The second kappa shape index (κ2) is 5.10. The summed E-state index contributed by atoms with van der Waals surface area (Å²) in [5.41, 5.74) is -0.00270. The van der Waals surface area contributed by atoms with Crippen molar-refractivity contribution in [3.63, 3.8) is 0 Å². The SMILES string of the molecule is C[C@@H]1CNCCN1CCOC(C)(C)C. The second-order valence-electron chi connectivity index (χ2n) is 5.05. The molecule has 0 aromatic carbocycles. The van der Waals surface area contributed by atoms with Gasteiger partial charge >= 0.3 is 0 Å². The molecular weight excluding hydrogens is 176 g/mol. The first-order valence-corrected chi connectivity index (χ1v) is 5.58. The third-order valence-electron chi connectivity index (χ3n) is 2.55. The smallest absolute Gasteiger partial charge is 0.0600 e. The Bertz CT molecular complexity index is 165. The summed E-state index contributed by atoms with van der Waals surface area (Å²) in [5, 5.41) is 3.39. The minimum absolute atomic E-state index is 0.00270. The van der Waals surface area contributed by atoms with Crippen molar-refractivity contribution < 1.29 is 4.74 Å². The predicted molar refractivity (Wildman–Crippen MR) is 59.6 cm³/mol.